The van der Waals surface area contributed by atoms with Crippen LogP contribution in [0.4, 0.5) is 11.4 Å². The maximum atomic E-state index is 11.3. The highest BCUT2D eigenvalue weighted by Gasteiger charge is 2.17. The van der Waals surface area contributed by atoms with Gasteiger partial charge in [-0.3, -0.25) is 0 Å². The molecule has 0 saturated heterocycles. The molecule has 0 amide bonds. The first kappa shape index (κ1) is 26.5. The molecule has 0 aliphatic carbocycles. The fraction of sp³-hybridized carbons (Fsp3) is 0.333. The van der Waals surface area contributed by atoms with Crippen LogP contribution in [-0.4, -0.2) is 49.6 Å². The molecule has 0 unspecified atom stereocenters. The second-order valence-electron chi connectivity index (χ2n) is 6.79. The van der Waals surface area contributed by atoms with Gasteiger partial charge in [-0.25, -0.2) is 9.59 Å². The van der Waals surface area contributed by atoms with Crippen molar-refractivity contribution in [3.63, 3.8) is 0 Å². The van der Waals surface area contributed by atoms with Gasteiger partial charge in [0.05, 0.1) is 49.9 Å². The molecule has 184 valence electrons. The van der Waals surface area contributed by atoms with Gasteiger partial charge in [0.1, 0.15) is 0 Å². The quantitative estimate of drug-likeness (QED) is 0.148. The Morgan fingerprint density at radius 1 is 0.743 bits per heavy atom. The molecule has 0 atom stereocenters. The van der Waals surface area contributed by atoms with Gasteiger partial charge < -0.3 is 29.2 Å². The molecule has 14 heteroatoms. The number of methoxy groups -OCH3 is 2. The van der Waals surface area contributed by atoms with Crippen LogP contribution in [0.15, 0.2) is 34.5 Å². The second-order valence-corrected chi connectivity index (χ2v) is 6.79. The molecule has 0 heterocycles. The standard InChI is InChI=1S/C21H22N6O8/c1-32-16-8-12(20(28)29)14(24-26-22)10-18(16)34-6-4-3-5-7-35-19-11-15(25-27-23)13(21(30)31)9-17(19)33-2/h8-11H,3-7H2,1-2H3,(H,28,29)(H,30,31). The number of azide groups is 2. The molecule has 0 aromatic heterocycles. The van der Waals surface area contributed by atoms with Crippen LogP contribution in [0.3, 0.4) is 0 Å². The third-order valence-electron chi connectivity index (χ3n) is 4.63. The van der Waals surface area contributed by atoms with Crippen LogP contribution in [0.2, 0.25) is 0 Å². The number of carboxylic acid groups (broad SMARTS) is 2. The van der Waals surface area contributed by atoms with E-state index in [0.29, 0.717) is 19.3 Å². The van der Waals surface area contributed by atoms with Crippen molar-refractivity contribution in [2.75, 3.05) is 27.4 Å². The maximum Gasteiger partial charge on any atom is 0.336 e. The smallest absolute Gasteiger partial charge is 0.336 e. The first-order chi connectivity index (χ1) is 16.9. The molecule has 2 aromatic rings. The number of ether oxygens (including phenoxy) is 4. The van der Waals surface area contributed by atoms with Crippen molar-refractivity contribution < 1.29 is 38.7 Å². The zero-order valence-corrected chi connectivity index (χ0v) is 18.9. The summed E-state index contributed by atoms with van der Waals surface area (Å²) in [5.74, 6) is -1.67. The Hall–Kier alpha value is -4.80. The summed E-state index contributed by atoms with van der Waals surface area (Å²) in [7, 11) is 2.73. The molecule has 0 aliphatic heterocycles. The van der Waals surface area contributed by atoms with E-state index in [0.717, 1.165) is 0 Å². The third kappa shape index (κ3) is 7.09. The number of carbonyl (C=O) groups is 2. The van der Waals surface area contributed by atoms with Crippen molar-refractivity contribution >= 4 is 23.3 Å². The van der Waals surface area contributed by atoms with E-state index in [1.165, 1.54) is 38.5 Å². The number of aromatic carboxylic acids is 2. The zero-order chi connectivity index (χ0) is 25.8. The van der Waals surface area contributed by atoms with E-state index in [9.17, 15) is 19.8 Å². The van der Waals surface area contributed by atoms with Crippen molar-refractivity contribution in [2.24, 2.45) is 10.2 Å². The molecule has 0 spiro atoms. The van der Waals surface area contributed by atoms with Crippen LogP contribution in [0.25, 0.3) is 20.9 Å². The Bertz CT molecular complexity index is 1100. The molecular formula is C21H22N6O8. The van der Waals surface area contributed by atoms with E-state index in [4.69, 9.17) is 30.0 Å². The van der Waals surface area contributed by atoms with Crippen molar-refractivity contribution in [3.8, 4) is 23.0 Å². The molecule has 0 bridgehead atoms. The molecule has 0 radical (unpaired) electrons. The largest absolute Gasteiger partial charge is 0.493 e. The van der Waals surface area contributed by atoms with E-state index in [1.54, 1.807) is 0 Å². The van der Waals surface area contributed by atoms with Crippen LogP contribution in [0.1, 0.15) is 40.0 Å². The minimum Gasteiger partial charge on any atom is -0.493 e. The van der Waals surface area contributed by atoms with Gasteiger partial charge in [0.2, 0.25) is 0 Å². The highest BCUT2D eigenvalue weighted by atomic mass is 16.5. The summed E-state index contributed by atoms with van der Waals surface area (Å²) in [5.41, 5.74) is 16.7. The highest BCUT2D eigenvalue weighted by molar-refractivity contribution is 5.95. The summed E-state index contributed by atoms with van der Waals surface area (Å²) >= 11 is 0. The van der Waals surface area contributed by atoms with Crippen molar-refractivity contribution in [3.05, 3.63) is 56.3 Å². The summed E-state index contributed by atoms with van der Waals surface area (Å²) in [6.07, 6.45) is 1.92. The van der Waals surface area contributed by atoms with Crippen molar-refractivity contribution in [2.45, 2.75) is 19.3 Å². The van der Waals surface area contributed by atoms with Crippen molar-refractivity contribution in [1.29, 1.82) is 0 Å². The Balaban J connectivity index is 1.93. The predicted octanol–water partition coefficient (Wildman–Crippen LogP) is 5.61. The third-order valence-corrected chi connectivity index (χ3v) is 4.63. The first-order valence-corrected chi connectivity index (χ1v) is 10.1. The molecule has 2 aromatic carbocycles. The van der Waals surface area contributed by atoms with E-state index in [-0.39, 0.29) is 58.7 Å². The number of hydrogen-bond donors (Lipinski definition) is 2. The second kappa shape index (κ2) is 13.0. The van der Waals surface area contributed by atoms with Gasteiger partial charge in [0.15, 0.2) is 23.0 Å². The van der Waals surface area contributed by atoms with E-state index >= 15 is 0 Å². The van der Waals surface area contributed by atoms with Crippen molar-refractivity contribution in [1.82, 2.24) is 0 Å². The number of unbranched alkanes of at least 4 members (excludes halogenated alkanes) is 2. The van der Waals surface area contributed by atoms with E-state index in [2.05, 4.69) is 20.1 Å². The van der Waals surface area contributed by atoms with Crippen LogP contribution in [0, 0.1) is 0 Å². The normalized spacial score (nSPS) is 9.89. The summed E-state index contributed by atoms with van der Waals surface area (Å²) in [6, 6.07) is 5.06. The fourth-order valence-electron chi connectivity index (χ4n) is 2.99. The number of rotatable bonds is 14. The molecule has 35 heavy (non-hydrogen) atoms. The Morgan fingerprint density at radius 3 is 1.46 bits per heavy atom. The van der Waals surface area contributed by atoms with Crippen LogP contribution in [-0.2, 0) is 0 Å². The van der Waals surface area contributed by atoms with Gasteiger partial charge in [0, 0.05) is 9.82 Å². The Morgan fingerprint density at radius 2 is 1.14 bits per heavy atom. The molecule has 0 fully saturated rings. The lowest BCUT2D eigenvalue weighted by atomic mass is 10.1. The van der Waals surface area contributed by atoms with Crippen LogP contribution < -0.4 is 18.9 Å². The zero-order valence-electron chi connectivity index (χ0n) is 18.9. The summed E-state index contributed by atoms with van der Waals surface area (Å²) in [4.78, 5) is 27.9. The predicted molar refractivity (Wildman–Crippen MR) is 122 cm³/mol. The fourth-order valence-corrected chi connectivity index (χ4v) is 2.99. The number of carboxylic acids is 2. The van der Waals surface area contributed by atoms with Gasteiger partial charge in [-0.1, -0.05) is 10.2 Å². The lowest BCUT2D eigenvalue weighted by Gasteiger charge is -2.14. The minimum absolute atomic E-state index is 0.0906. The minimum atomic E-state index is -1.27. The summed E-state index contributed by atoms with van der Waals surface area (Å²) in [6.45, 7) is 0.548. The average molecular weight is 486 g/mol. The molecule has 2 N–H and O–H groups in total. The Labute approximate surface area is 198 Å². The van der Waals surface area contributed by atoms with Gasteiger partial charge in [-0.05, 0) is 54.6 Å². The molecule has 2 rings (SSSR count). The van der Waals surface area contributed by atoms with Gasteiger partial charge in [-0.2, -0.15) is 0 Å². The lowest BCUT2D eigenvalue weighted by Crippen LogP contribution is -2.04. The average Bonchev–Trinajstić information content (AvgIpc) is 2.83. The van der Waals surface area contributed by atoms with Crippen LogP contribution in [0.5, 0.6) is 23.0 Å². The summed E-state index contributed by atoms with van der Waals surface area (Å²) < 4.78 is 21.7. The molecule has 0 saturated carbocycles. The topological polar surface area (TPSA) is 209 Å². The SMILES string of the molecule is COc1cc(C(=O)O)c(N=[N+]=[N-])cc1OCCCCCOc1cc(N=[N+]=[N-])c(C(=O)O)cc1OC. The van der Waals surface area contributed by atoms with E-state index < -0.39 is 11.9 Å². The monoisotopic (exact) mass is 486 g/mol. The Kier molecular flexibility index (Phi) is 9.85. The number of benzene rings is 2. The maximum absolute atomic E-state index is 11.3. The first-order valence-electron chi connectivity index (χ1n) is 10.1. The van der Waals surface area contributed by atoms with Crippen LogP contribution >= 0.6 is 0 Å². The molecular weight excluding hydrogens is 464 g/mol. The highest BCUT2D eigenvalue weighted by Crippen LogP contribution is 2.36. The van der Waals surface area contributed by atoms with Gasteiger partial charge in [0.25, 0.3) is 0 Å². The van der Waals surface area contributed by atoms with Gasteiger partial charge >= 0.3 is 11.9 Å². The molecule has 14 nitrogen and oxygen atoms in total. The van der Waals surface area contributed by atoms with Gasteiger partial charge in [-0.15, -0.1) is 0 Å². The number of nitrogens with zero attached hydrogens (tertiary/aromatic N) is 6. The van der Waals surface area contributed by atoms with E-state index in [1.807, 2.05) is 0 Å². The number of hydrogen-bond acceptors (Lipinski definition) is 8. The lowest BCUT2D eigenvalue weighted by molar-refractivity contribution is 0.0686. The summed E-state index contributed by atoms with van der Waals surface area (Å²) in [5, 5.41) is 25.3. The molecule has 0 aliphatic rings.